The minimum atomic E-state index is -0.353. The number of carbonyl (C=O) groups is 2. The molecule has 0 unspecified atom stereocenters. The van der Waals surface area contributed by atoms with Gasteiger partial charge in [-0.2, -0.15) is 0 Å². The van der Waals surface area contributed by atoms with E-state index < -0.39 is 0 Å². The molecule has 0 aliphatic carbocycles. The van der Waals surface area contributed by atoms with E-state index in [4.69, 9.17) is 0 Å². The van der Waals surface area contributed by atoms with E-state index in [1.807, 2.05) is 38.1 Å². The molecule has 0 aromatic heterocycles. The first-order chi connectivity index (χ1) is 8.16. The van der Waals surface area contributed by atoms with Gasteiger partial charge in [0.25, 0.3) is 0 Å². The molecule has 1 aliphatic heterocycles. The third-order valence-corrected chi connectivity index (χ3v) is 2.72. The normalized spacial score (nSPS) is 14.9. The number of urea groups is 1. The second-order valence-corrected chi connectivity index (χ2v) is 4.15. The van der Waals surface area contributed by atoms with Crippen molar-refractivity contribution in [1.82, 2.24) is 5.32 Å². The molecule has 0 atom stereocenters. The quantitative estimate of drug-likeness (QED) is 0.866. The van der Waals surface area contributed by atoms with Crippen LogP contribution in [0.15, 0.2) is 28.7 Å². The molecule has 0 spiro atoms. The molecule has 1 aromatic carbocycles. The first-order valence-electron chi connectivity index (χ1n) is 5.54. The summed E-state index contributed by atoms with van der Waals surface area (Å²) in [6.45, 7) is 4.44. The molecule has 4 nitrogen and oxygen atoms in total. The maximum Gasteiger partial charge on any atom is 0.328 e. The highest BCUT2D eigenvalue weighted by molar-refractivity contribution is 9.10. The Morgan fingerprint density at radius 2 is 1.76 bits per heavy atom. The van der Waals surface area contributed by atoms with Crippen LogP contribution in [-0.2, 0) is 4.79 Å². The zero-order valence-corrected chi connectivity index (χ0v) is 11.5. The number of imide groups is 1. The highest BCUT2D eigenvalue weighted by Crippen LogP contribution is 2.19. The zero-order valence-electron chi connectivity index (χ0n) is 9.87. The molecule has 1 aromatic rings. The van der Waals surface area contributed by atoms with Crippen LogP contribution in [-0.4, -0.2) is 18.5 Å². The van der Waals surface area contributed by atoms with E-state index in [1.165, 1.54) is 0 Å². The van der Waals surface area contributed by atoms with Crippen LogP contribution in [0.5, 0.6) is 0 Å². The Hall–Kier alpha value is -1.36. The molecule has 3 amide bonds. The summed E-state index contributed by atoms with van der Waals surface area (Å²) in [6.07, 6.45) is 0.349. The largest absolute Gasteiger partial charge is 0.328 e. The Morgan fingerprint density at radius 1 is 1.18 bits per heavy atom. The average molecular weight is 299 g/mol. The summed E-state index contributed by atoms with van der Waals surface area (Å²) >= 11 is 3.32. The SMILES string of the molecule is CC.O=C1CCN(c2ccc(Br)cc2)C(=O)N1. The number of amides is 3. The van der Waals surface area contributed by atoms with Gasteiger partial charge >= 0.3 is 6.03 Å². The lowest BCUT2D eigenvalue weighted by atomic mass is 10.2. The van der Waals surface area contributed by atoms with Crippen LogP contribution in [0.1, 0.15) is 20.3 Å². The predicted octanol–water partition coefficient (Wildman–Crippen LogP) is 2.92. The van der Waals surface area contributed by atoms with Gasteiger partial charge in [0.15, 0.2) is 0 Å². The summed E-state index contributed by atoms with van der Waals surface area (Å²) in [7, 11) is 0. The number of rotatable bonds is 1. The van der Waals surface area contributed by atoms with Gasteiger partial charge < -0.3 is 0 Å². The third-order valence-electron chi connectivity index (χ3n) is 2.19. The van der Waals surface area contributed by atoms with E-state index in [9.17, 15) is 9.59 Å². The van der Waals surface area contributed by atoms with Crippen LogP contribution in [0, 0.1) is 0 Å². The maximum absolute atomic E-state index is 11.5. The van der Waals surface area contributed by atoms with Crippen molar-refractivity contribution in [2.75, 3.05) is 11.4 Å². The molecule has 1 heterocycles. The highest BCUT2D eigenvalue weighted by Gasteiger charge is 2.23. The van der Waals surface area contributed by atoms with Crippen LogP contribution in [0.2, 0.25) is 0 Å². The molecule has 1 N–H and O–H groups in total. The molecule has 1 aliphatic rings. The number of hydrogen-bond acceptors (Lipinski definition) is 2. The zero-order chi connectivity index (χ0) is 12.8. The van der Waals surface area contributed by atoms with Crippen molar-refractivity contribution >= 4 is 33.6 Å². The smallest absolute Gasteiger partial charge is 0.294 e. The summed E-state index contributed by atoms with van der Waals surface area (Å²) in [5.41, 5.74) is 0.795. The summed E-state index contributed by atoms with van der Waals surface area (Å²) < 4.78 is 0.958. The first-order valence-corrected chi connectivity index (χ1v) is 6.33. The Kier molecular flexibility index (Phi) is 5.15. The van der Waals surface area contributed by atoms with Crippen molar-refractivity contribution in [3.8, 4) is 0 Å². The Morgan fingerprint density at radius 3 is 2.29 bits per heavy atom. The standard InChI is InChI=1S/C10H9BrN2O2.C2H6/c11-7-1-3-8(4-2-7)13-6-5-9(14)12-10(13)15;1-2/h1-4H,5-6H2,(H,12,14,15);1-2H3. The van der Waals surface area contributed by atoms with E-state index in [0.717, 1.165) is 10.2 Å². The third kappa shape index (κ3) is 3.56. The molecule has 0 bridgehead atoms. The van der Waals surface area contributed by atoms with E-state index in [2.05, 4.69) is 21.2 Å². The minimum Gasteiger partial charge on any atom is -0.294 e. The van der Waals surface area contributed by atoms with Crippen molar-refractivity contribution < 1.29 is 9.59 Å². The summed E-state index contributed by atoms with van der Waals surface area (Å²) in [5.74, 6) is -0.214. The Bertz CT molecular complexity index is 403. The predicted molar refractivity (Wildman–Crippen MR) is 71.0 cm³/mol. The van der Waals surface area contributed by atoms with Crippen molar-refractivity contribution in [1.29, 1.82) is 0 Å². The van der Waals surface area contributed by atoms with Crippen LogP contribution < -0.4 is 10.2 Å². The Labute approximate surface area is 109 Å². The number of anilines is 1. The van der Waals surface area contributed by atoms with Crippen LogP contribution in [0.4, 0.5) is 10.5 Å². The van der Waals surface area contributed by atoms with Gasteiger partial charge in [0.1, 0.15) is 0 Å². The van der Waals surface area contributed by atoms with Gasteiger partial charge in [0.05, 0.1) is 0 Å². The van der Waals surface area contributed by atoms with Crippen molar-refractivity contribution in [2.45, 2.75) is 20.3 Å². The number of carbonyl (C=O) groups excluding carboxylic acids is 2. The molecular formula is C12H15BrN2O2. The molecule has 1 fully saturated rings. The van der Waals surface area contributed by atoms with Gasteiger partial charge in [0.2, 0.25) is 5.91 Å². The van der Waals surface area contributed by atoms with E-state index in [-0.39, 0.29) is 11.9 Å². The molecule has 17 heavy (non-hydrogen) atoms. The van der Waals surface area contributed by atoms with Gasteiger partial charge in [-0.3, -0.25) is 15.0 Å². The molecule has 0 radical (unpaired) electrons. The second kappa shape index (κ2) is 6.39. The van der Waals surface area contributed by atoms with Crippen LogP contribution in [0.25, 0.3) is 0 Å². The van der Waals surface area contributed by atoms with Crippen molar-refractivity contribution in [2.24, 2.45) is 0 Å². The summed E-state index contributed by atoms with van der Waals surface area (Å²) in [4.78, 5) is 24.0. The monoisotopic (exact) mass is 298 g/mol. The van der Waals surface area contributed by atoms with Gasteiger partial charge in [-0.25, -0.2) is 4.79 Å². The van der Waals surface area contributed by atoms with E-state index in [0.29, 0.717) is 13.0 Å². The first kappa shape index (κ1) is 13.7. The highest BCUT2D eigenvalue weighted by atomic mass is 79.9. The van der Waals surface area contributed by atoms with Gasteiger partial charge in [-0.1, -0.05) is 29.8 Å². The fraction of sp³-hybridized carbons (Fsp3) is 0.333. The molecular weight excluding hydrogens is 284 g/mol. The number of hydrogen-bond donors (Lipinski definition) is 1. The Balaban J connectivity index is 0.000000686. The van der Waals surface area contributed by atoms with Crippen molar-refractivity contribution in [3.63, 3.8) is 0 Å². The lowest BCUT2D eigenvalue weighted by Gasteiger charge is -2.26. The van der Waals surface area contributed by atoms with E-state index in [1.54, 1.807) is 4.90 Å². The average Bonchev–Trinajstić information content (AvgIpc) is 2.33. The number of halogens is 1. The van der Waals surface area contributed by atoms with Gasteiger partial charge in [-0.15, -0.1) is 0 Å². The van der Waals surface area contributed by atoms with Gasteiger partial charge in [0, 0.05) is 23.1 Å². The summed E-state index contributed by atoms with van der Waals surface area (Å²) in [5, 5.41) is 2.28. The lowest BCUT2D eigenvalue weighted by Crippen LogP contribution is -2.49. The molecule has 5 heteroatoms. The second-order valence-electron chi connectivity index (χ2n) is 3.23. The minimum absolute atomic E-state index is 0.214. The van der Waals surface area contributed by atoms with Crippen LogP contribution in [0.3, 0.4) is 0 Å². The maximum atomic E-state index is 11.5. The van der Waals surface area contributed by atoms with Gasteiger partial charge in [-0.05, 0) is 24.3 Å². The molecule has 92 valence electrons. The van der Waals surface area contributed by atoms with Crippen LogP contribution >= 0.6 is 15.9 Å². The molecule has 0 saturated carbocycles. The number of nitrogens with one attached hydrogen (secondary N) is 1. The van der Waals surface area contributed by atoms with Crippen molar-refractivity contribution in [3.05, 3.63) is 28.7 Å². The molecule has 1 saturated heterocycles. The fourth-order valence-electron chi connectivity index (χ4n) is 1.43. The lowest BCUT2D eigenvalue weighted by molar-refractivity contribution is -0.120. The van der Waals surface area contributed by atoms with E-state index >= 15 is 0 Å². The topological polar surface area (TPSA) is 49.4 Å². The molecule has 2 rings (SSSR count). The number of benzene rings is 1. The number of nitrogens with zero attached hydrogens (tertiary/aromatic N) is 1. The fourth-order valence-corrected chi connectivity index (χ4v) is 1.70. The summed E-state index contributed by atoms with van der Waals surface area (Å²) in [6, 6.07) is 7.03.